The summed E-state index contributed by atoms with van der Waals surface area (Å²) in [5.41, 5.74) is 16.5. The first kappa shape index (κ1) is 37.3. The zero-order valence-electron chi connectivity index (χ0n) is 31.3. The molecule has 0 saturated heterocycles. The summed E-state index contributed by atoms with van der Waals surface area (Å²) in [6.07, 6.45) is 3.80. The summed E-state index contributed by atoms with van der Waals surface area (Å²) in [5.74, 6) is 0. The second kappa shape index (κ2) is 17.0. The predicted molar refractivity (Wildman–Crippen MR) is 232 cm³/mol. The van der Waals surface area contributed by atoms with Crippen LogP contribution in [0.2, 0.25) is 0 Å². The maximum absolute atomic E-state index is 4.95. The van der Waals surface area contributed by atoms with E-state index in [2.05, 4.69) is 188 Å². The van der Waals surface area contributed by atoms with Gasteiger partial charge in [0.2, 0.25) is 0 Å². The van der Waals surface area contributed by atoms with E-state index in [0.29, 0.717) is 0 Å². The summed E-state index contributed by atoms with van der Waals surface area (Å²) in [6.45, 7) is 2.12. The van der Waals surface area contributed by atoms with E-state index in [9.17, 15) is 0 Å². The van der Waals surface area contributed by atoms with Crippen molar-refractivity contribution in [1.29, 1.82) is 0 Å². The third-order valence-electron chi connectivity index (χ3n) is 10.1. The van der Waals surface area contributed by atoms with E-state index in [1.165, 1.54) is 11.1 Å². The third kappa shape index (κ3) is 8.03. The minimum absolute atomic E-state index is 0. The van der Waals surface area contributed by atoms with Crippen LogP contribution in [-0.2, 0) is 21.1 Å². The molecule has 7 aromatic carbocycles. The van der Waals surface area contributed by atoms with Crippen LogP contribution in [0, 0.1) is 19.1 Å². The van der Waals surface area contributed by atoms with E-state index in [-0.39, 0.29) is 21.1 Å². The minimum Gasteiger partial charge on any atom is -0.346 e. The average molecular weight is 911 g/mol. The molecule has 57 heavy (non-hydrogen) atoms. The van der Waals surface area contributed by atoms with Gasteiger partial charge in [0.25, 0.3) is 0 Å². The Balaban J connectivity index is 0.00000455. The quantitative estimate of drug-likeness (QED) is 0.135. The van der Waals surface area contributed by atoms with Gasteiger partial charge >= 0.3 is 21.1 Å². The van der Waals surface area contributed by atoms with Crippen molar-refractivity contribution in [3.05, 3.63) is 224 Å². The third-order valence-corrected chi connectivity index (χ3v) is 10.1. The summed E-state index contributed by atoms with van der Waals surface area (Å²) >= 11 is 0. The van der Waals surface area contributed by atoms with Crippen molar-refractivity contribution in [2.24, 2.45) is 0 Å². The molecule has 0 spiro atoms. The standard InChI is InChI=1S/C53H37N3.Pt/c1-38-37-55-52(36-50(38)43-29-27-41(28-30-43)39-16-5-2-6-17-39)44-22-15-23-47(33-44)56(53-26-12-11-24-49(53)42-20-9-4-10-21-42)48-34-45(40-18-7-3-8-19-40)32-46(35-48)51-25-13-14-31-54-51;/h2-32,34,36-37H,1H3;/q-2;+2. The Morgan fingerprint density at radius 1 is 0.404 bits per heavy atom. The monoisotopic (exact) mass is 910 g/mol. The molecular formula is C53H37N3Pt. The molecule has 0 radical (unpaired) electrons. The molecule has 0 N–H and O–H groups in total. The van der Waals surface area contributed by atoms with Crippen LogP contribution in [0.25, 0.3) is 67.0 Å². The summed E-state index contributed by atoms with van der Waals surface area (Å²) in [7, 11) is 0. The molecule has 0 fully saturated rings. The van der Waals surface area contributed by atoms with Gasteiger partial charge in [0, 0.05) is 18.0 Å². The Morgan fingerprint density at radius 3 is 1.68 bits per heavy atom. The van der Waals surface area contributed by atoms with Gasteiger partial charge in [-0.1, -0.05) is 157 Å². The van der Waals surface area contributed by atoms with Crippen molar-refractivity contribution in [3.8, 4) is 67.0 Å². The van der Waals surface area contributed by atoms with Gasteiger partial charge in [0.1, 0.15) is 0 Å². The molecule has 2 aromatic heterocycles. The van der Waals surface area contributed by atoms with Gasteiger partial charge in [-0.2, -0.15) is 0 Å². The minimum atomic E-state index is 0. The van der Waals surface area contributed by atoms with E-state index in [0.717, 1.165) is 78.5 Å². The number of aryl methyl sites for hydroxylation is 1. The number of anilines is 3. The first-order chi connectivity index (χ1) is 27.7. The van der Waals surface area contributed by atoms with Crippen LogP contribution < -0.4 is 4.90 Å². The Labute approximate surface area is 349 Å². The average Bonchev–Trinajstić information content (AvgIpc) is 3.28. The number of para-hydroxylation sites is 1. The molecule has 0 atom stereocenters. The molecular weight excluding hydrogens is 874 g/mol. The molecule has 2 heterocycles. The van der Waals surface area contributed by atoms with Crippen molar-refractivity contribution in [1.82, 2.24) is 9.97 Å². The van der Waals surface area contributed by atoms with Crippen LogP contribution in [0.3, 0.4) is 0 Å². The van der Waals surface area contributed by atoms with E-state index in [1.54, 1.807) is 0 Å². The van der Waals surface area contributed by atoms with Crippen LogP contribution in [0.15, 0.2) is 207 Å². The fourth-order valence-corrected chi connectivity index (χ4v) is 7.24. The van der Waals surface area contributed by atoms with Crippen LogP contribution in [0.5, 0.6) is 0 Å². The molecule has 0 bridgehead atoms. The van der Waals surface area contributed by atoms with Crippen molar-refractivity contribution >= 4 is 17.1 Å². The number of nitrogens with zero attached hydrogens (tertiary/aromatic N) is 3. The van der Waals surface area contributed by atoms with Gasteiger partial charge in [-0.05, 0) is 80.8 Å². The van der Waals surface area contributed by atoms with Crippen LogP contribution >= 0.6 is 0 Å². The number of rotatable bonds is 9. The van der Waals surface area contributed by atoms with Crippen molar-refractivity contribution in [3.63, 3.8) is 0 Å². The molecule has 0 aliphatic heterocycles. The second-order valence-corrected chi connectivity index (χ2v) is 13.7. The normalized spacial score (nSPS) is 10.8. The maximum atomic E-state index is 4.95. The van der Waals surface area contributed by atoms with Gasteiger partial charge < -0.3 is 14.9 Å². The molecule has 0 saturated carbocycles. The molecule has 4 heteroatoms. The molecule has 0 aliphatic rings. The van der Waals surface area contributed by atoms with Crippen LogP contribution in [0.1, 0.15) is 5.56 Å². The zero-order valence-corrected chi connectivity index (χ0v) is 33.6. The van der Waals surface area contributed by atoms with Gasteiger partial charge in [-0.15, -0.1) is 53.6 Å². The zero-order chi connectivity index (χ0) is 37.7. The van der Waals surface area contributed by atoms with Gasteiger partial charge in [-0.25, -0.2) is 0 Å². The van der Waals surface area contributed by atoms with Crippen LogP contribution in [-0.4, -0.2) is 9.97 Å². The fraction of sp³-hybridized carbons (Fsp3) is 0.0189. The fourth-order valence-electron chi connectivity index (χ4n) is 7.24. The number of aromatic nitrogens is 2. The number of benzene rings is 7. The Kier molecular flexibility index (Phi) is 11.1. The predicted octanol–water partition coefficient (Wildman–Crippen LogP) is 13.9. The van der Waals surface area contributed by atoms with Gasteiger partial charge in [-0.3, -0.25) is 0 Å². The van der Waals surface area contributed by atoms with E-state index in [1.807, 2.05) is 42.7 Å². The summed E-state index contributed by atoms with van der Waals surface area (Å²) in [4.78, 5) is 12.0. The summed E-state index contributed by atoms with van der Waals surface area (Å²) in [6, 6.07) is 75.3. The Morgan fingerprint density at radius 2 is 0.982 bits per heavy atom. The van der Waals surface area contributed by atoms with E-state index >= 15 is 0 Å². The topological polar surface area (TPSA) is 29.0 Å². The van der Waals surface area contributed by atoms with Crippen molar-refractivity contribution in [2.75, 3.05) is 4.90 Å². The van der Waals surface area contributed by atoms with E-state index in [4.69, 9.17) is 9.97 Å². The maximum Gasteiger partial charge on any atom is 2.00 e. The first-order valence-electron chi connectivity index (χ1n) is 18.8. The molecule has 0 amide bonds. The van der Waals surface area contributed by atoms with Crippen molar-refractivity contribution < 1.29 is 21.1 Å². The Hall–Kier alpha value is -6.67. The van der Waals surface area contributed by atoms with Gasteiger partial charge in [0.15, 0.2) is 0 Å². The Bertz CT molecular complexity index is 2680. The molecule has 3 nitrogen and oxygen atoms in total. The molecule has 9 rings (SSSR count). The largest absolute Gasteiger partial charge is 2.00 e. The van der Waals surface area contributed by atoms with Gasteiger partial charge in [0.05, 0.1) is 5.69 Å². The molecule has 0 aliphatic carbocycles. The van der Waals surface area contributed by atoms with E-state index < -0.39 is 0 Å². The summed E-state index contributed by atoms with van der Waals surface area (Å²) in [5, 5.41) is 0. The number of pyridine rings is 2. The molecule has 274 valence electrons. The molecule has 9 aromatic rings. The SMILES string of the molecule is Cc1cnc(-c2[c-]c(N(c3[c-]c(-c4ccccn4)cc(-c4ccccc4)c3)c3ccccc3-c3ccccc3)ccc2)cc1-c1ccc(-c2ccccc2)cc1.[Pt+2]. The summed E-state index contributed by atoms with van der Waals surface area (Å²) < 4.78 is 0. The number of hydrogen-bond donors (Lipinski definition) is 0. The van der Waals surface area contributed by atoms with Crippen LogP contribution in [0.4, 0.5) is 17.1 Å². The second-order valence-electron chi connectivity index (χ2n) is 13.7. The van der Waals surface area contributed by atoms with Crippen molar-refractivity contribution in [2.45, 2.75) is 6.92 Å². The smallest absolute Gasteiger partial charge is 0.346 e. The first-order valence-corrected chi connectivity index (χ1v) is 18.8. The molecule has 0 unspecified atom stereocenters. The number of hydrogen-bond acceptors (Lipinski definition) is 3.